The van der Waals surface area contributed by atoms with Crippen LogP contribution in [0.4, 0.5) is 0 Å². The van der Waals surface area contributed by atoms with Crippen molar-refractivity contribution in [3.05, 3.63) is 0 Å². The van der Waals surface area contributed by atoms with E-state index in [4.69, 9.17) is 0 Å². The first-order chi connectivity index (χ1) is 10.8. The minimum Gasteiger partial charge on any atom is -0.0625 e. The zero-order chi connectivity index (χ0) is 19.0. The first-order valence-corrected chi connectivity index (χ1v) is 10.8. The number of unbranched alkanes of at least 4 members (excludes halogenated alkanes) is 6. The third-order valence-corrected chi connectivity index (χ3v) is 5.69. The van der Waals surface area contributed by atoms with Gasteiger partial charge >= 0.3 is 0 Å². The summed E-state index contributed by atoms with van der Waals surface area (Å²) < 4.78 is 0. The second kappa shape index (κ2) is 10.2. The molecular formula is C24H50. The van der Waals surface area contributed by atoms with Crippen LogP contribution in [0.1, 0.15) is 127 Å². The van der Waals surface area contributed by atoms with Gasteiger partial charge in [0.25, 0.3) is 0 Å². The predicted molar refractivity (Wildman–Crippen MR) is 113 cm³/mol. The lowest BCUT2D eigenvalue weighted by molar-refractivity contribution is 0.0352. The SMILES string of the molecule is CC(C)C(C(C)(C)C)C(C)(C)CCCCCCCCCC(C)(C)C. The van der Waals surface area contributed by atoms with Gasteiger partial charge in [0, 0.05) is 0 Å². The molecule has 0 nitrogen and oxygen atoms in total. The molecule has 0 amide bonds. The van der Waals surface area contributed by atoms with Crippen molar-refractivity contribution >= 4 is 0 Å². The molecular weight excluding hydrogens is 288 g/mol. The van der Waals surface area contributed by atoms with Crippen LogP contribution in [-0.4, -0.2) is 0 Å². The quantitative estimate of drug-likeness (QED) is 0.330. The number of hydrogen-bond donors (Lipinski definition) is 0. The van der Waals surface area contributed by atoms with Crippen molar-refractivity contribution in [2.45, 2.75) is 127 Å². The Morgan fingerprint density at radius 1 is 0.542 bits per heavy atom. The van der Waals surface area contributed by atoms with Crippen molar-refractivity contribution < 1.29 is 0 Å². The first kappa shape index (κ1) is 24.0. The van der Waals surface area contributed by atoms with E-state index >= 15 is 0 Å². The van der Waals surface area contributed by atoms with E-state index in [2.05, 4.69) is 69.2 Å². The molecule has 0 heterocycles. The van der Waals surface area contributed by atoms with E-state index in [-0.39, 0.29) is 0 Å². The fraction of sp³-hybridized carbons (Fsp3) is 1.00. The van der Waals surface area contributed by atoms with E-state index in [0.717, 1.165) is 11.8 Å². The van der Waals surface area contributed by atoms with Gasteiger partial charge < -0.3 is 0 Å². The lowest BCUT2D eigenvalue weighted by Gasteiger charge is -2.46. The molecule has 0 spiro atoms. The van der Waals surface area contributed by atoms with Crippen LogP contribution in [0.25, 0.3) is 0 Å². The van der Waals surface area contributed by atoms with Gasteiger partial charge in [-0.3, -0.25) is 0 Å². The number of rotatable bonds is 11. The van der Waals surface area contributed by atoms with Gasteiger partial charge in [-0.2, -0.15) is 0 Å². The maximum atomic E-state index is 2.51. The van der Waals surface area contributed by atoms with E-state index < -0.39 is 0 Å². The molecule has 0 fully saturated rings. The molecule has 1 atom stereocenters. The van der Waals surface area contributed by atoms with Gasteiger partial charge in [0.1, 0.15) is 0 Å². The highest BCUT2D eigenvalue weighted by atomic mass is 14.4. The van der Waals surface area contributed by atoms with Crippen LogP contribution in [-0.2, 0) is 0 Å². The van der Waals surface area contributed by atoms with Crippen molar-refractivity contribution in [3.63, 3.8) is 0 Å². The molecule has 0 aromatic heterocycles. The summed E-state index contributed by atoms with van der Waals surface area (Å²) in [6.45, 7) is 24.2. The largest absolute Gasteiger partial charge is 0.0625 e. The molecule has 1 unspecified atom stereocenters. The monoisotopic (exact) mass is 338 g/mol. The van der Waals surface area contributed by atoms with Crippen LogP contribution >= 0.6 is 0 Å². The molecule has 0 radical (unpaired) electrons. The van der Waals surface area contributed by atoms with Crippen molar-refractivity contribution in [3.8, 4) is 0 Å². The van der Waals surface area contributed by atoms with Crippen molar-refractivity contribution in [1.29, 1.82) is 0 Å². The topological polar surface area (TPSA) is 0 Å². The minimum atomic E-state index is 0.407. The predicted octanol–water partition coefficient (Wildman–Crippen LogP) is 8.89. The van der Waals surface area contributed by atoms with Gasteiger partial charge in [0.15, 0.2) is 0 Å². The third kappa shape index (κ3) is 10.8. The van der Waals surface area contributed by atoms with Crippen LogP contribution in [0.5, 0.6) is 0 Å². The van der Waals surface area contributed by atoms with Crippen LogP contribution in [0.2, 0.25) is 0 Å². The first-order valence-electron chi connectivity index (χ1n) is 10.8. The standard InChI is InChI=1S/C24H50/c1-20(2)21(23(6,7)8)24(9,10)19-17-15-13-11-12-14-16-18-22(3,4)5/h20-21H,11-19H2,1-10H3. The minimum absolute atomic E-state index is 0.407. The maximum Gasteiger partial charge on any atom is -0.0291 e. The van der Waals surface area contributed by atoms with E-state index in [1.807, 2.05) is 0 Å². The fourth-order valence-corrected chi connectivity index (χ4v) is 5.35. The molecule has 0 aromatic carbocycles. The highest BCUT2D eigenvalue weighted by molar-refractivity contribution is 4.88. The van der Waals surface area contributed by atoms with Crippen LogP contribution in [0.3, 0.4) is 0 Å². The Balaban J connectivity index is 3.94. The van der Waals surface area contributed by atoms with Crippen molar-refractivity contribution in [2.24, 2.45) is 28.1 Å². The van der Waals surface area contributed by atoms with Crippen LogP contribution in [0, 0.1) is 28.1 Å². The summed E-state index contributed by atoms with van der Waals surface area (Å²) in [6.07, 6.45) is 12.8. The molecule has 0 saturated heterocycles. The molecule has 146 valence electrons. The fourth-order valence-electron chi connectivity index (χ4n) is 5.35. The van der Waals surface area contributed by atoms with Gasteiger partial charge in [-0.15, -0.1) is 0 Å². The van der Waals surface area contributed by atoms with Crippen LogP contribution in [0.15, 0.2) is 0 Å². The molecule has 0 bridgehead atoms. The van der Waals surface area contributed by atoms with Crippen molar-refractivity contribution in [1.82, 2.24) is 0 Å². The normalized spacial score (nSPS) is 15.1. The molecule has 0 aromatic rings. The molecule has 0 aliphatic heterocycles. The van der Waals surface area contributed by atoms with Gasteiger partial charge in [0.2, 0.25) is 0 Å². The Labute approximate surface area is 155 Å². The molecule has 0 N–H and O–H groups in total. The zero-order valence-electron chi connectivity index (χ0n) is 19.0. The second-order valence-corrected chi connectivity index (χ2v) is 11.6. The Morgan fingerprint density at radius 3 is 1.25 bits per heavy atom. The van der Waals surface area contributed by atoms with Crippen LogP contribution < -0.4 is 0 Å². The Morgan fingerprint density at radius 2 is 0.917 bits per heavy atom. The zero-order valence-corrected chi connectivity index (χ0v) is 19.0. The summed E-state index contributed by atoms with van der Waals surface area (Å²) in [5.41, 5.74) is 1.38. The Bertz CT molecular complexity index is 308. The Kier molecular flexibility index (Phi) is 10.2. The average Bonchev–Trinajstić information content (AvgIpc) is 2.32. The van der Waals surface area contributed by atoms with Gasteiger partial charge in [-0.05, 0) is 40.9 Å². The highest BCUT2D eigenvalue weighted by Gasteiger charge is 2.39. The summed E-state index contributed by atoms with van der Waals surface area (Å²) in [6, 6.07) is 0. The molecule has 0 heteroatoms. The highest BCUT2D eigenvalue weighted by Crippen LogP contribution is 2.47. The summed E-state index contributed by atoms with van der Waals surface area (Å²) in [4.78, 5) is 0. The molecule has 0 saturated carbocycles. The molecule has 24 heavy (non-hydrogen) atoms. The van der Waals surface area contributed by atoms with E-state index in [9.17, 15) is 0 Å². The summed E-state index contributed by atoms with van der Waals surface area (Å²) >= 11 is 0. The Hall–Kier alpha value is 0. The van der Waals surface area contributed by atoms with Gasteiger partial charge in [-0.25, -0.2) is 0 Å². The summed E-state index contributed by atoms with van der Waals surface area (Å²) in [7, 11) is 0. The lowest BCUT2D eigenvalue weighted by atomic mass is 9.59. The van der Waals surface area contributed by atoms with E-state index in [0.29, 0.717) is 16.2 Å². The molecule has 0 rings (SSSR count). The second-order valence-electron chi connectivity index (χ2n) is 11.6. The van der Waals surface area contributed by atoms with Gasteiger partial charge in [0.05, 0.1) is 0 Å². The van der Waals surface area contributed by atoms with E-state index in [1.165, 1.54) is 57.8 Å². The smallest absolute Gasteiger partial charge is 0.0291 e. The maximum absolute atomic E-state index is 2.51. The third-order valence-electron chi connectivity index (χ3n) is 5.69. The van der Waals surface area contributed by atoms with E-state index in [1.54, 1.807) is 0 Å². The molecule has 0 aliphatic rings. The lowest BCUT2D eigenvalue weighted by Crippen LogP contribution is -2.38. The van der Waals surface area contributed by atoms with Crippen molar-refractivity contribution in [2.75, 3.05) is 0 Å². The molecule has 0 aliphatic carbocycles. The number of hydrogen-bond acceptors (Lipinski definition) is 0. The summed E-state index contributed by atoms with van der Waals surface area (Å²) in [5.74, 6) is 1.56. The average molecular weight is 339 g/mol. The van der Waals surface area contributed by atoms with Gasteiger partial charge in [-0.1, -0.05) is 114 Å². The summed E-state index contributed by atoms with van der Waals surface area (Å²) in [5, 5.41) is 0.